The van der Waals surface area contributed by atoms with Gasteiger partial charge in [-0.15, -0.1) is 0 Å². The number of methoxy groups -OCH3 is 1. The van der Waals surface area contributed by atoms with Crippen LogP contribution in [0.3, 0.4) is 0 Å². The molecule has 0 saturated carbocycles. The molecule has 2 aromatic carbocycles. The van der Waals surface area contributed by atoms with Crippen LogP contribution in [0.1, 0.15) is 26.4 Å². The second-order valence-electron chi connectivity index (χ2n) is 5.78. The summed E-state index contributed by atoms with van der Waals surface area (Å²) in [7, 11) is 1.58. The molecule has 6 nitrogen and oxygen atoms in total. The molecule has 27 heavy (non-hydrogen) atoms. The Morgan fingerprint density at radius 1 is 0.963 bits per heavy atom. The minimum absolute atomic E-state index is 0.165. The summed E-state index contributed by atoms with van der Waals surface area (Å²) in [5.41, 5.74) is 2.15. The second-order valence-corrected chi connectivity index (χ2v) is 5.78. The first kappa shape index (κ1) is 18.1. The molecule has 0 spiro atoms. The molecule has 136 valence electrons. The Labute approximate surface area is 157 Å². The molecule has 0 aliphatic heterocycles. The van der Waals surface area contributed by atoms with Crippen molar-refractivity contribution in [1.82, 2.24) is 10.3 Å². The quantitative estimate of drug-likeness (QED) is 0.706. The lowest BCUT2D eigenvalue weighted by atomic mass is 10.2. The molecule has 1 aromatic heterocycles. The molecule has 0 atom stereocenters. The van der Waals surface area contributed by atoms with Gasteiger partial charge in [-0.1, -0.05) is 30.3 Å². The first-order valence-electron chi connectivity index (χ1n) is 8.39. The molecule has 0 fully saturated rings. The van der Waals surface area contributed by atoms with Gasteiger partial charge in [0.25, 0.3) is 11.8 Å². The SMILES string of the molecule is COc1ccc(NC(=O)c2cc(C(=O)NCc3ccccc3)ccn2)cc1. The highest BCUT2D eigenvalue weighted by atomic mass is 16.5. The molecular formula is C21H19N3O3. The zero-order chi connectivity index (χ0) is 19.1. The average Bonchev–Trinajstić information content (AvgIpc) is 2.73. The van der Waals surface area contributed by atoms with Gasteiger partial charge in [0, 0.05) is 24.0 Å². The maximum atomic E-state index is 12.4. The highest BCUT2D eigenvalue weighted by Crippen LogP contribution is 2.16. The van der Waals surface area contributed by atoms with E-state index >= 15 is 0 Å². The molecule has 3 rings (SSSR count). The third-order valence-electron chi connectivity index (χ3n) is 3.90. The number of benzene rings is 2. The number of carbonyl (C=O) groups is 2. The topological polar surface area (TPSA) is 80.3 Å². The standard InChI is InChI=1S/C21H19N3O3/c1-27-18-9-7-17(8-10-18)24-21(26)19-13-16(11-12-22-19)20(25)23-14-15-5-3-2-4-6-15/h2-13H,14H2,1H3,(H,23,25)(H,24,26). The van der Waals surface area contributed by atoms with Crippen LogP contribution in [0.25, 0.3) is 0 Å². The molecule has 2 amide bonds. The summed E-state index contributed by atoms with van der Waals surface area (Å²) in [6, 6.07) is 19.6. The van der Waals surface area contributed by atoms with E-state index in [9.17, 15) is 9.59 Å². The van der Waals surface area contributed by atoms with Crippen LogP contribution < -0.4 is 15.4 Å². The highest BCUT2D eigenvalue weighted by Gasteiger charge is 2.12. The Morgan fingerprint density at radius 3 is 2.41 bits per heavy atom. The van der Waals surface area contributed by atoms with Gasteiger partial charge in [-0.05, 0) is 42.0 Å². The monoisotopic (exact) mass is 361 g/mol. The number of ether oxygens (including phenoxy) is 1. The van der Waals surface area contributed by atoms with Crippen LogP contribution in [0.5, 0.6) is 5.75 Å². The van der Waals surface area contributed by atoms with Crippen molar-refractivity contribution >= 4 is 17.5 Å². The number of carbonyl (C=O) groups excluding carboxylic acids is 2. The normalized spacial score (nSPS) is 10.1. The molecule has 1 heterocycles. The largest absolute Gasteiger partial charge is 0.497 e. The van der Waals surface area contributed by atoms with Crippen molar-refractivity contribution in [3.63, 3.8) is 0 Å². The summed E-state index contributed by atoms with van der Waals surface area (Å²) in [5.74, 6) is 0.0424. The molecular weight excluding hydrogens is 342 g/mol. The van der Waals surface area contributed by atoms with Gasteiger partial charge in [0.15, 0.2) is 0 Å². The van der Waals surface area contributed by atoms with Crippen LogP contribution in [-0.4, -0.2) is 23.9 Å². The van der Waals surface area contributed by atoms with E-state index in [1.54, 1.807) is 37.4 Å². The second kappa shape index (κ2) is 8.62. The van der Waals surface area contributed by atoms with E-state index in [-0.39, 0.29) is 11.6 Å². The van der Waals surface area contributed by atoms with Gasteiger partial charge in [0.05, 0.1) is 7.11 Å². The van der Waals surface area contributed by atoms with Crippen LogP contribution in [0, 0.1) is 0 Å². The fourth-order valence-corrected chi connectivity index (χ4v) is 2.45. The Hall–Kier alpha value is -3.67. The van der Waals surface area contributed by atoms with Gasteiger partial charge in [-0.25, -0.2) is 0 Å². The number of hydrogen-bond acceptors (Lipinski definition) is 4. The summed E-state index contributed by atoms with van der Waals surface area (Å²) in [6.07, 6.45) is 1.44. The number of pyridine rings is 1. The molecule has 0 aliphatic carbocycles. The van der Waals surface area contributed by atoms with E-state index in [0.717, 1.165) is 5.56 Å². The van der Waals surface area contributed by atoms with Crippen LogP contribution in [0.15, 0.2) is 72.9 Å². The van der Waals surface area contributed by atoms with Crippen LogP contribution in [-0.2, 0) is 6.54 Å². The van der Waals surface area contributed by atoms with E-state index < -0.39 is 5.91 Å². The number of rotatable bonds is 6. The van der Waals surface area contributed by atoms with Crippen LogP contribution in [0.2, 0.25) is 0 Å². The predicted octanol–water partition coefficient (Wildman–Crippen LogP) is 3.27. The molecule has 0 radical (unpaired) electrons. The van der Waals surface area contributed by atoms with Gasteiger partial charge < -0.3 is 15.4 Å². The molecule has 2 N–H and O–H groups in total. The maximum Gasteiger partial charge on any atom is 0.274 e. The zero-order valence-electron chi connectivity index (χ0n) is 14.8. The Morgan fingerprint density at radius 2 is 1.70 bits per heavy atom. The smallest absolute Gasteiger partial charge is 0.274 e. The third kappa shape index (κ3) is 4.92. The van der Waals surface area contributed by atoms with Gasteiger partial charge in [-0.3, -0.25) is 14.6 Å². The van der Waals surface area contributed by atoms with Gasteiger partial charge in [-0.2, -0.15) is 0 Å². The number of hydrogen-bond donors (Lipinski definition) is 2. The number of aromatic nitrogens is 1. The van der Waals surface area contributed by atoms with E-state index in [1.165, 1.54) is 12.3 Å². The van der Waals surface area contributed by atoms with Gasteiger partial charge >= 0.3 is 0 Å². The lowest BCUT2D eigenvalue weighted by Gasteiger charge is -2.08. The number of nitrogens with zero attached hydrogens (tertiary/aromatic N) is 1. The molecule has 0 saturated heterocycles. The van der Waals surface area contributed by atoms with Gasteiger partial charge in [0.2, 0.25) is 0 Å². The van der Waals surface area contributed by atoms with Crippen LogP contribution >= 0.6 is 0 Å². The number of nitrogens with one attached hydrogen (secondary N) is 2. The minimum atomic E-state index is -0.391. The Bertz CT molecular complexity index is 925. The minimum Gasteiger partial charge on any atom is -0.497 e. The third-order valence-corrected chi connectivity index (χ3v) is 3.90. The Kier molecular flexibility index (Phi) is 5.79. The van der Waals surface area contributed by atoms with Crippen molar-refractivity contribution in [3.05, 3.63) is 89.7 Å². The lowest BCUT2D eigenvalue weighted by Crippen LogP contribution is -2.23. The highest BCUT2D eigenvalue weighted by molar-refractivity contribution is 6.04. The van der Waals surface area contributed by atoms with Crippen molar-refractivity contribution < 1.29 is 14.3 Å². The van der Waals surface area contributed by atoms with E-state index in [0.29, 0.717) is 23.5 Å². The van der Waals surface area contributed by atoms with E-state index in [2.05, 4.69) is 15.6 Å². The lowest BCUT2D eigenvalue weighted by molar-refractivity contribution is 0.0951. The molecule has 0 bridgehead atoms. The number of anilines is 1. The summed E-state index contributed by atoms with van der Waals surface area (Å²) in [6.45, 7) is 0.412. The van der Waals surface area contributed by atoms with Crippen molar-refractivity contribution in [2.24, 2.45) is 0 Å². The Balaban J connectivity index is 1.64. The van der Waals surface area contributed by atoms with Crippen molar-refractivity contribution in [1.29, 1.82) is 0 Å². The molecule has 6 heteroatoms. The summed E-state index contributed by atoms with van der Waals surface area (Å²) < 4.78 is 5.09. The maximum absolute atomic E-state index is 12.4. The molecule has 0 unspecified atom stereocenters. The summed E-state index contributed by atoms with van der Waals surface area (Å²) in [5, 5.41) is 5.58. The predicted molar refractivity (Wildman–Crippen MR) is 103 cm³/mol. The van der Waals surface area contributed by atoms with Crippen LogP contribution in [0.4, 0.5) is 5.69 Å². The number of amides is 2. The zero-order valence-corrected chi connectivity index (χ0v) is 14.8. The first-order valence-corrected chi connectivity index (χ1v) is 8.39. The average molecular weight is 361 g/mol. The van der Waals surface area contributed by atoms with Gasteiger partial charge in [0.1, 0.15) is 11.4 Å². The summed E-state index contributed by atoms with van der Waals surface area (Å²) in [4.78, 5) is 28.8. The van der Waals surface area contributed by atoms with E-state index in [1.807, 2.05) is 30.3 Å². The first-order chi connectivity index (χ1) is 13.2. The molecule has 3 aromatic rings. The van der Waals surface area contributed by atoms with Crippen molar-refractivity contribution in [3.8, 4) is 5.75 Å². The van der Waals surface area contributed by atoms with E-state index in [4.69, 9.17) is 4.74 Å². The van der Waals surface area contributed by atoms with Crippen molar-refractivity contribution in [2.75, 3.05) is 12.4 Å². The summed E-state index contributed by atoms with van der Waals surface area (Å²) >= 11 is 0. The van der Waals surface area contributed by atoms with Crippen molar-refractivity contribution in [2.45, 2.75) is 6.54 Å². The molecule has 0 aliphatic rings. The fraction of sp³-hybridized carbons (Fsp3) is 0.0952. The fourth-order valence-electron chi connectivity index (χ4n) is 2.45.